The number of rotatable bonds is 6. The number of ether oxygens (including phenoxy) is 1. The molecule has 0 aromatic carbocycles. The van der Waals surface area contributed by atoms with Crippen LogP contribution < -0.4 is 5.32 Å². The highest BCUT2D eigenvalue weighted by atomic mass is 32.2. The Balaban J connectivity index is 2.09. The van der Waals surface area contributed by atoms with Gasteiger partial charge in [-0.2, -0.15) is 4.31 Å². The fourth-order valence-corrected chi connectivity index (χ4v) is 5.11. The van der Waals surface area contributed by atoms with Crippen LogP contribution in [0.25, 0.3) is 0 Å². The van der Waals surface area contributed by atoms with Crippen molar-refractivity contribution in [2.75, 3.05) is 33.8 Å². The molecular weight excluding hydrogens is 284 g/mol. The molecule has 0 aliphatic carbocycles. The quantitative estimate of drug-likeness (QED) is 0.849. The minimum Gasteiger partial charge on any atom is -0.380 e. The Morgan fingerprint density at radius 3 is 2.95 bits per heavy atom. The molecule has 0 saturated carbocycles. The molecule has 1 aromatic rings. The summed E-state index contributed by atoms with van der Waals surface area (Å²) in [6.45, 7) is 1.86. The Morgan fingerprint density at radius 2 is 2.32 bits per heavy atom. The zero-order valence-corrected chi connectivity index (χ0v) is 12.9. The van der Waals surface area contributed by atoms with Crippen LogP contribution in [0, 0.1) is 0 Å². The highest BCUT2D eigenvalue weighted by Gasteiger charge is 2.33. The van der Waals surface area contributed by atoms with Crippen LogP contribution in [0.5, 0.6) is 0 Å². The van der Waals surface area contributed by atoms with Crippen molar-refractivity contribution in [1.82, 2.24) is 9.62 Å². The number of hydrogen-bond acceptors (Lipinski definition) is 5. The summed E-state index contributed by atoms with van der Waals surface area (Å²) in [6, 6.07) is 3.61. The maximum atomic E-state index is 12.4. The summed E-state index contributed by atoms with van der Waals surface area (Å²) in [7, 11) is 0.182. The molecule has 1 aromatic heterocycles. The van der Waals surface area contributed by atoms with E-state index in [0.717, 1.165) is 24.3 Å². The fraction of sp³-hybridized carbons (Fsp3) is 0.667. The maximum absolute atomic E-state index is 12.4. The zero-order chi connectivity index (χ0) is 13.9. The molecule has 1 unspecified atom stereocenters. The van der Waals surface area contributed by atoms with Crippen LogP contribution in [0.2, 0.25) is 0 Å². The third-order valence-electron chi connectivity index (χ3n) is 3.29. The van der Waals surface area contributed by atoms with Crippen molar-refractivity contribution in [2.45, 2.75) is 23.2 Å². The van der Waals surface area contributed by atoms with Crippen molar-refractivity contribution >= 4 is 21.4 Å². The van der Waals surface area contributed by atoms with Crippen molar-refractivity contribution in [1.29, 1.82) is 0 Å². The van der Waals surface area contributed by atoms with Gasteiger partial charge in [-0.3, -0.25) is 0 Å². The Hall–Kier alpha value is -0.470. The highest BCUT2D eigenvalue weighted by molar-refractivity contribution is 7.91. The Kier molecular flexibility index (Phi) is 4.97. The smallest absolute Gasteiger partial charge is 0.252 e. The number of hydrogen-bond donors (Lipinski definition) is 1. The van der Waals surface area contributed by atoms with Gasteiger partial charge in [-0.1, -0.05) is 0 Å². The van der Waals surface area contributed by atoms with Crippen molar-refractivity contribution < 1.29 is 13.2 Å². The van der Waals surface area contributed by atoms with E-state index >= 15 is 0 Å². The third-order valence-corrected chi connectivity index (χ3v) is 6.77. The normalized spacial score (nSPS) is 21.1. The number of sulfonamides is 1. The first-order chi connectivity index (χ1) is 9.07. The molecule has 1 N–H and O–H groups in total. The first kappa shape index (κ1) is 14.9. The van der Waals surface area contributed by atoms with Crippen LogP contribution in [0.1, 0.15) is 11.3 Å². The van der Waals surface area contributed by atoms with Gasteiger partial charge in [-0.05, 0) is 38.6 Å². The lowest BCUT2D eigenvalue weighted by atomic mass is 10.3. The number of thiophene rings is 1. The van der Waals surface area contributed by atoms with Gasteiger partial charge in [0.1, 0.15) is 4.21 Å². The third kappa shape index (κ3) is 3.35. The molecule has 0 radical (unpaired) electrons. The van der Waals surface area contributed by atoms with Crippen LogP contribution in [-0.2, 0) is 21.2 Å². The lowest BCUT2D eigenvalue weighted by Crippen LogP contribution is -2.29. The molecule has 7 heteroatoms. The van der Waals surface area contributed by atoms with E-state index in [9.17, 15) is 8.42 Å². The van der Waals surface area contributed by atoms with Gasteiger partial charge in [0.25, 0.3) is 10.0 Å². The van der Waals surface area contributed by atoms with Gasteiger partial charge >= 0.3 is 0 Å². The molecule has 0 amide bonds. The summed E-state index contributed by atoms with van der Waals surface area (Å²) in [6.07, 6.45) is 1.66. The van der Waals surface area contributed by atoms with E-state index in [1.54, 1.807) is 13.2 Å². The highest BCUT2D eigenvalue weighted by Crippen LogP contribution is 2.28. The molecule has 0 bridgehead atoms. The largest absolute Gasteiger partial charge is 0.380 e. The molecule has 1 aliphatic heterocycles. The summed E-state index contributed by atoms with van der Waals surface area (Å²) in [5.74, 6) is 0. The predicted molar refractivity (Wildman–Crippen MR) is 76.1 cm³/mol. The summed E-state index contributed by atoms with van der Waals surface area (Å²) in [5.41, 5.74) is 0. The molecule has 5 nitrogen and oxygen atoms in total. The average molecular weight is 304 g/mol. The Bertz CT molecular complexity index is 513. The van der Waals surface area contributed by atoms with Gasteiger partial charge in [0.05, 0.1) is 6.10 Å². The van der Waals surface area contributed by atoms with E-state index in [0.29, 0.717) is 17.3 Å². The minimum absolute atomic E-state index is 0.0264. The van der Waals surface area contributed by atoms with E-state index < -0.39 is 10.0 Å². The second kappa shape index (κ2) is 6.32. The minimum atomic E-state index is -3.33. The molecule has 2 heterocycles. The zero-order valence-electron chi connectivity index (χ0n) is 11.3. The monoisotopic (exact) mass is 304 g/mol. The Labute approximate surface area is 118 Å². The van der Waals surface area contributed by atoms with Gasteiger partial charge in [0.15, 0.2) is 0 Å². The first-order valence-corrected chi connectivity index (χ1v) is 8.60. The van der Waals surface area contributed by atoms with Crippen LogP contribution in [0.15, 0.2) is 16.3 Å². The van der Waals surface area contributed by atoms with Crippen molar-refractivity contribution in [3.8, 4) is 0 Å². The van der Waals surface area contributed by atoms with Crippen LogP contribution in [0.4, 0.5) is 0 Å². The van der Waals surface area contributed by atoms with Crippen molar-refractivity contribution in [3.63, 3.8) is 0 Å². The molecule has 1 saturated heterocycles. The number of likely N-dealkylation sites (N-methyl/N-ethyl adjacent to an activating group) is 1. The molecule has 1 aliphatic rings. The van der Waals surface area contributed by atoms with Crippen LogP contribution >= 0.6 is 11.3 Å². The van der Waals surface area contributed by atoms with E-state index in [2.05, 4.69) is 5.32 Å². The van der Waals surface area contributed by atoms with E-state index in [1.165, 1.54) is 15.6 Å². The van der Waals surface area contributed by atoms with Gasteiger partial charge in [0.2, 0.25) is 0 Å². The van der Waals surface area contributed by atoms with Crippen LogP contribution in [0.3, 0.4) is 0 Å². The number of nitrogens with one attached hydrogen (secondary N) is 1. The standard InChI is InChI=1S/C12H20N2O3S2/c1-13-7-5-11-3-4-12(18-11)19(15,16)14-8-6-10(9-14)17-2/h3-4,10,13H,5-9H2,1-2H3. The topological polar surface area (TPSA) is 58.6 Å². The lowest BCUT2D eigenvalue weighted by molar-refractivity contribution is 0.115. The lowest BCUT2D eigenvalue weighted by Gasteiger charge is -2.14. The van der Waals surface area contributed by atoms with Gasteiger partial charge < -0.3 is 10.1 Å². The summed E-state index contributed by atoms with van der Waals surface area (Å²) in [4.78, 5) is 1.09. The molecule has 108 valence electrons. The summed E-state index contributed by atoms with van der Waals surface area (Å²) >= 11 is 1.37. The fourth-order valence-electron chi connectivity index (χ4n) is 2.12. The number of methoxy groups -OCH3 is 1. The molecule has 2 rings (SSSR count). The molecule has 1 fully saturated rings. The average Bonchev–Trinajstić information content (AvgIpc) is 3.05. The van der Waals surface area contributed by atoms with Crippen LogP contribution in [-0.4, -0.2) is 52.6 Å². The first-order valence-electron chi connectivity index (χ1n) is 6.34. The second-order valence-electron chi connectivity index (χ2n) is 4.58. The van der Waals surface area contributed by atoms with Gasteiger partial charge in [-0.25, -0.2) is 8.42 Å². The maximum Gasteiger partial charge on any atom is 0.252 e. The van der Waals surface area contributed by atoms with E-state index in [-0.39, 0.29) is 6.10 Å². The van der Waals surface area contributed by atoms with Gasteiger partial charge in [0, 0.05) is 25.1 Å². The number of nitrogens with zero attached hydrogens (tertiary/aromatic N) is 1. The SMILES string of the molecule is CNCCc1ccc(S(=O)(=O)N2CCC(OC)C2)s1. The van der Waals surface area contributed by atoms with E-state index in [4.69, 9.17) is 4.74 Å². The van der Waals surface area contributed by atoms with E-state index in [1.807, 2.05) is 13.1 Å². The van der Waals surface area contributed by atoms with Crippen molar-refractivity contribution in [3.05, 3.63) is 17.0 Å². The summed E-state index contributed by atoms with van der Waals surface area (Å²) < 4.78 is 32.1. The predicted octanol–water partition coefficient (Wildman–Crippen LogP) is 0.919. The molecule has 1 atom stereocenters. The second-order valence-corrected chi connectivity index (χ2v) is 7.92. The summed E-state index contributed by atoms with van der Waals surface area (Å²) in [5, 5.41) is 3.06. The van der Waals surface area contributed by atoms with Crippen molar-refractivity contribution in [2.24, 2.45) is 0 Å². The molecule has 0 spiro atoms. The molecule has 19 heavy (non-hydrogen) atoms. The van der Waals surface area contributed by atoms with Gasteiger partial charge in [-0.15, -0.1) is 11.3 Å². The Morgan fingerprint density at radius 1 is 1.53 bits per heavy atom. The molecular formula is C12H20N2O3S2.